The number of aliphatic hydroxyl groups excluding tert-OH is 4. The molecule has 0 amide bonds. The topological polar surface area (TPSA) is 256 Å². The van der Waals surface area contributed by atoms with Crippen molar-refractivity contribution in [2.45, 2.75) is 179 Å². The number of rotatable bonds is 40. The van der Waals surface area contributed by atoms with E-state index in [0.717, 1.165) is 83.5 Å². The van der Waals surface area contributed by atoms with Crippen LogP contribution < -0.4 is 0 Å². The van der Waals surface area contributed by atoms with Crippen LogP contribution in [0.1, 0.15) is 149 Å². The second-order valence-corrected chi connectivity index (χ2v) is 19.3. The number of carbonyl (C=O) groups excluding carboxylic acids is 2. The Morgan fingerprint density at radius 2 is 1.20 bits per heavy atom. The molecule has 380 valence electrons. The van der Waals surface area contributed by atoms with Crippen molar-refractivity contribution in [1.82, 2.24) is 0 Å². The summed E-state index contributed by atoms with van der Waals surface area (Å²) in [7, 11) is -9.78. The van der Waals surface area contributed by atoms with Crippen LogP contribution in [0, 0.1) is 11.8 Å². The largest absolute Gasteiger partial charge is 0.472 e. The fourth-order valence-corrected chi connectivity index (χ4v) is 8.21. The second-order valence-electron chi connectivity index (χ2n) is 16.6. The van der Waals surface area contributed by atoms with Gasteiger partial charge >= 0.3 is 27.6 Å². The van der Waals surface area contributed by atoms with Gasteiger partial charge in [-0.1, -0.05) is 132 Å². The van der Waals surface area contributed by atoms with Crippen LogP contribution in [0.5, 0.6) is 0 Å². The van der Waals surface area contributed by atoms with Gasteiger partial charge in [0.2, 0.25) is 0 Å². The van der Waals surface area contributed by atoms with Crippen LogP contribution in [0.4, 0.5) is 0 Å². The van der Waals surface area contributed by atoms with Gasteiger partial charge in [-0.05, 0) is 76.5 Å². The molecule has 1 aliphatic rings. The Hall–Kier alpha value is -2.56. The van der Waals surface area contributed by atoms with Crippen LogP contribution >= 0.6 is 15.6 Å². The van der Waals surface area contributed by atoms with Crippen molar-refractivity contribution in [3.8, 4) is 0 Å². The molecule has 0 heterocycles. The number of hydrogen-bond donors (Lipinski definition) is 7. The zero-order valence-corrected chi connectivity index (χ0v) is 41.1. The van der Waals surface area contributed by atoms with Crippen LogP contribution in [0.3, 0.4) is 0 Å². The predicted molar refractivity (Wildman–Crippen MR) is 255 cm³/mol. The number of phosphoric ester groups is 2. The number of aliphatic hydroxyl groups is 4. The number of esters is 2. The van der Waals surface area contributed by atoms with Crippen LogP contribution in [0.2, 0.25) is 0 Å². The van der Waals surface area contributed by atoms with Gasteiger partial charge < -0.3 is 44.6 Å². The Labute approximate surface area is 393 Å². The third-order valence-electron chi connectivity index (χ3n) is 10.7. The van der Waals surface area contributed by atoms with Crippen LogP contribution in [0.25, 0.3) is 0 Å². The van der Waals surface area contributed by atoms with E-state index in [-0.39, 0.29) is 31.1 Å². The molecule has 1 rings (SSSR count). The number of allylic oxidation sites excluding steroid dienone is 10. The molecule has 1 aliphatic carbocycles. The molecule has 66 heavy (non-hydrogen) atoms. The molecule has 1 unspecified atom stereocenters. The van der Waals surface area contributed by atoms with Gasteiger partial charge in [-0.15, -0.1) is 0 Å². The fraction of sp³-hybridized carbons (Fsp3) is 0.708. The van der Waals surface area contributed by atoms with Gasteiger partial charge in [0, 0.05) is 25.2 Å². The lowest BCUT2D eigenvalue weighted by Gasteiger charge is -2.21. The van der Waals surface area contributed by atoms with E-state index < -0.39 is 84.5 Å². The number of unbranched alkanes of at least 4 members (excludes halogenated alkanes) is 8. The first-order valence-corrected chi connectivity index (χ1v) is 26.9. The van der Waals surface area contributed by atoms with Crippen molar-refractivity contribution in [2.24, 2.45) is 11.8 Å². The van der Waals surface area contributed by atoms with E-state index in [1.165, 1.54) is 0 Å². The first-order valence-electron chi connectivity index (χ1n) is 23.9. The van der Waals surface area contributed by atoms with Crippen molar-refractivity contribution in [1.29, 1.82) is 0 Å². The molecule has 0 aliphatic heterocycles. The molecule has 7 N–H and O–H groups in total. The molecule has 0 radical (unpaired) electrons. The Morgan fingerprint density at radius 1 is 0.636 bits per heavy atom. The molecule has 1 fully saturated rings. The van der Waals surface area contributed by atoms with Crippen LogP contribution in [-0.4, -0.2) is 104 Å². The quantitative estimate of drug-likeness (QED) is 0.0131. The lowest BCUT2D eigenvalue weighted by Crippen LogP contribution is -2.30. The molecule has 0 saturated heterocycles. The van der Waals surface area contributed by atoms with Gasteiger partial charge in [0.1, 0.15) is 12.7 Å². The third-order valence-corrected chi connectivity index (χ3v) is 12.1. The summed E-state index contributed by atoms with van der Waals surface area (Å²) in [6.07, 6.45) is 35.2. The van der Waals surface area contributed by atoms with E-state index in [2.05, 4.69) is 83.7 Å². The maximum absolute atomic E-state index is 12.7. The van der Waals surface area contributed by atoms with Crippen molar-refractivity contribution in [3.05, 3.63) is 72.9 Å². The lowest BCUT2D eigenvalue weighted by molar-refractivity contribution is -0.161. The first-order chi connectivity index (χ1) is 31.6. The summed E-state index contributed by atoms with van der Waals surface area (Å²) < 4.78 is 47.9. The highest BCUT2D eigenvalue weighted by molar-refractivity contribution is 7.47. The molecule has 18 heteroatoms. The maximum atomic E-state index is 12.7. The third kappa shape index (κ3) is 34.7. The normalized spacial score (nSPS) is 20.7. The second kappa shape index (κ2) is 38.3. The highest BCUT2D eigenvalue weighted by Crippen LogP contribution is 2.44. The molecule has 0 aromatic carbocycles. The van der Waals surface area contributed by atoms with Crippen LogP contribution in [-0.2, 0) is 41.8 Å². The summed E-state index contributed by atoms with van der Waals surface area (Å²) in [4.78, 5) is 53.1. The highest BCUT2D eigenvalue weighted by atomic mass is 31.2. The molecule has 0 bridgehead atoms. The van der Waals surface area contributed by atoms with E-state index in [0.29, 0.717) is 32.1 Å². The zero-order chi connectivity index (χ0) is 48.9. The zero-order valence-electron chi connectivity index (χ0n) is 39.3. The molecule has 8 atom stereocenters. The summed E-state index contributed by atoms with van der Waals surface area (Å²) in [5.41, 5.74) is 0. The summed E-state index contributed by atoms with van der Waals surface area (Å²) in [5.74, 6) is -1.59. The fourth-order valence-electron chi connectivity index (χ4n) is 7.06. The minimum Gasteiger partial charge on any atom is -0.462 e. The summed E-state index contributed by atoms with van der Waals surface area (Å²) in [6, 6.07) is 0. The molecule has 0 spiro atoms. The van der Waals surface area contributed by atoms with Gasteiger partial charge in [-0.2, -0.15) is 0 Å². The number of phosphoric acid groups is 2. The van der Waals surface area contributed by atoms with E-state index in [1.807, 2.05) is 6.08 Å². The minimum atomic E-state index is -4.90. The maximum Gasteiger partial charge on any atom is 0.472 e. The van der Waals surface area contributed by atoms with Crippen molar-refractivity contribution >= 4 is 27.6 Å². The Balaban J connectivity index is 2.53. The standard InChI is InChI=1S/C48H82O16P2/c1-3-5-7-8-9-10-11-12-13-14-15-16-17-18-19-20-21-22-28-32-48(54)64-42(39-63-66(58,59)62-37-41(50)36-61-65(55,56)57)38-60-47(53)31-27-24-23-26-30-43-44(46(52)35-45(43)51)34-33-40(49)29-25-6-4-2/h5,7,9-10,12-13,15-16,18-19,33-34,40-46,49-52H,3-4,6,8,11,14,17,20-32,35-39H2,1-2H3,(H,58,59)(H2,55,56,57)/b7-5-,10-9-,13-12-,16-15-,19-18-,34-33+/t40-,41-,42+,43+,44+,45-,46+/m0/s1. The van der Waals surface area contributed by atoms with Crippen LogP contribution in [0.15, 0.2) is 72.9 Å². The summed E-state index contributed by atoms with van der Waals surface area (Å²) >= 11 is 0. The van der Waals surface area contributed by atoms with Crippen molar-refractivity contribution in [2.75, 3.05) is 26.4 Å². The van der Waals surface area contributed by atoms with Gasteiger partial charge in [0.25, 0.3) is 0 Å². The van der Waals surface area contributed by atoms with E-state index in [4.69, 9.17) is 23.8 Å². The van der Waals surface area contributed by atoms with E-state index >= 15 is 0 Å². The number of carbonyl (C=O) groups is 2. The van der Waals surface area contributed by atoms with E-state index in [1.54, 1.807) is 6.08 Å². The van der Waals surface area contributed by atoms with Crippen molar-refractivity contribution in [3.63, 3.8) is 0 Å². The summed E-state index contributed by atoms with van der Waals surface area (Å²) in [5, 5.41) is 41.2. The van der Waals surface area contributed by atoms with Gasteiger partial charge in [0.15, 0.2) is 6.10 Å². The molecule has 0 aromatic rings. The Kier molecular flexibility index (Phi) is 35.7. The smallest absolute Gasteiger partial charge is 0.462 e. The average molecular weight is 977 g/mol. The minimum absolute atomic E-state index is 0.0457. The van der Waals surface area contributed by atoms with Gasteiger partial charge in [-0.3, -0.25) is 23.2 Å². The van der Waals surface area contributed by atoms with Gasteiger partial charge in [0.05, 0.1) is 38.1 Å². The molecule has 0 aromatic heterocycles. The summed E-state index contributed by atoms with van der Waals surface area (Å²) in [6.45, 7) is 1.27. The molecule has 16 nitrogen and oxygen atoms in total. The molecule has 1 saturated carbocycles. The number of ether oxygens (including phenoxy) is 2. The monoisotopic (exact) mass is 977 g/mol. The highest BCUT2D eigenvalue weighted by Gasteiger charge is 2.39. The Morgan fingerprint density at radius 3 is 1.82 bits per heavy atom. The van der Waals surface area contributed by atoms with E-state index in [9.17, 15) is 44.0 Å². The number of hydrogen-bond acceptors (Lipinski definition) is 13. The molecular formula is C48H82O16P2. The lowest BCUT2D eigenvalue weighted by atomic mass is 9.88. The molecular weight excluding hydrogens is 894 g/mol. The van der Waals surface area contributed by atoms with Gasteiger partial charge in [-0.25, -0.2) is 9.13 Å². The average Bonchev–Trinajstić information content (AvgIpc) is 3.54. The van der Waals surface area contributed by atoms with Crippen molar-refractivity contribution < 1.29 is 76.9 Å². The Bertz CT molecular complexity index is 1560. The SMILES string of the molecule is CC/C=C\C/C=C\C/C=C\C/C=C\C/C=C\CCCCCC(=O)O[C@H](COC(=O)CCCCCC[C@@H]1[C@@H](/C=C/[C@@H](O)CCCCC)[C@H](O)C[C@@H]1O)COP(=O)(O)OC[C@@H](O)COP(=O)(O)O. The predicted octanol–water partition coefficient (Wildman–Crippen LogP) is 8.94. The first kappa shape index (κ1) is 61.5.